The van der Waals surface area contributed by atoms with E-state index in [1.165, 1.54) is 148 Å². The lowest BCUT2D eigenvalue weighted by atomic mass is 9.97. The van der Waals surface area contributed by atoms with Crippen molar-refractivity contribution >= 4 is 5.91 Å². The number of carbonyl (C=O) groups excluding carboxylic acids is 1. The predicted octanol–water partition coefficient (Wildman–Crippen LogP) is 11.5. The van der Waals surface area contributed by atoms with Gasteiger partial charge in [-0.2, -0.15) is 0 Å². The molecular weight excluding hydrogens is 1000 g/mol. The topological polar surface area (TPSA) is 228 Å². The van der Waals surface area contributed by atoms with Crippen LogP contribution in [0.3, 0.4) is 0 Å². The molecule has 2 heterocycles. The molecule has 2 fully saturated rings. The number of unbranched alkanes of at least 4 members (excludes halogenated alkanes) is 27. The second-order valence-corrected chi connectivity index (χ2v) is 22.1. The third-order valence-electron chi connectivity index (χ3n) is 15.1. The molecule has 2 rings (SSSR count). The van der Waals surface area contributed by atoms with E-state index >= 15 is 0 Å². The Morgan fingerprint density at radius 2 is 0.886 bits per heavy atom. The predicted molar refractivity (Wildman–Crippen MR) is 318 cm³/mol. The zero-order valence-corrected chi connectivity index (χ0v) is 49.3. The van der Waals surface area contributed by atoms with Gasteiger partial charge in [-0.15, -0.1) is 0 Å². The van der Waals surface area contributed by atoms with Crippen molar-refractivity contribution in [1.82, 2.24) is 5.32 Å². The van der Waals surface area contributed by atoms with E-state index < -0.39 is 86.8 Å². The van der Waals surface area contributed by atoms with Crippen LogP contribution in [-0.4, -0.2) is 140 Å². The minimum atomic E-state index is -1.79. The van der Waals surface area contributed by atoms with Crippen LogP contribution in [0.15, 0.2) is 72.9 Å². The van der Waals surface area contributed by atoms with E-state index in [1.54, 1.807) is 6.08 Å². The van der Waals surface area contributed by atoms with E-state index in [9.17, 15) is 45.6 Å². The summed E-state index contributed by atoms with van der Waals surface area (Å²) in [5.74, 6) is -0.250. The van der Waals surface area contributed by atoms with Gasteiger partial charge >= 0.3 is 0 Å². The van der Waals surface area contributed by atoms with Crippen LogP contribution in [0.5, 0.6) is 0 Å². The molecular formula is C65H115NO13. The molecule has 1 amide bonds. The van der Waals surface area contributed by atoms with Crippen molar-refractivity contribution in [2.75, 3.05) is 19.8 Å². The van der Waals surface area contributed by atoms with Crippen LogP contribution in [-0.2, 0) is 23.7 Å². The molecule has 0 saturated carbocycles. The van der Waals surface area contributed by atoms with Gasteiger partial charge in [-0.3, -0.25) is 4.79 Å². The van der Waals surface area contributed by atoms with E-state index in [0.29, 0.717) is 12.8 Å². The Labute approximate surface area is 478 Å². The smallest absolute Gasteiger partial charge is 0.220 e. The molecule has 0 aliphatic carbocycles. The van der Waals surface area contributed by atoms with Crippen molar-refractivity contribution in [3.05, 3.63) is 72.9 Å². The Morgan fingerprint density at radius 3 is 1.39 bits per heavy atom. The summed E-state index contributed by atoms with van der Waals surface area (Å²) in [6, 6.07) is -0.932. The fourth-order valence-electron chi connectivity index (χ4n) is 10.1. The Balaban J connectivity index is 1.66. The molecule has 458 valence electrons. The Kier molecular flexibility index (Phi) is 45.9. The molecule has 0 radical (unpaired) electrons. The van der Waals surface area contributed by atoms with Gasteiger partial charge in [0, 0.05) is 6.42 Å². The van der Waals surface area contributed by atoms with Gasteiger partial charge in [0.15, 0.2) is 12.6 Å². The summed E-state index contributed by atoms with van der Waals surface area (Å²) in [6.07, 6.45) is 49.6. The number of hydrogen-bond donors (Lipinski definition) is 9. The molecule has 0 aromatic heterocycles. The molecule has 0 bridgehead atoms. The van der Waals surface area contributed by atoms with Gasteiger partial charge in [-0.1, -0.05) is 234 Å². The van der Waals surface area contributed by atoms with Crippen LogP contribution >= 0.6 is 0 Å². The van der Waals surface area contributed by atoms with E-state index in [1.807, 2.05) is 6.08 Å². The van der Waals surface area contributed by atoms with Crippen molar-refractivity contribution in [1.29, 1.82) is 0 Å². The van der Waals surface area contributed by atoms with Gasteiger partial charge in [0.25, 0.3) is 0 Å². The quantitative estimate of drug-likeness (QED) is 0.0204. The van der Waals surface area contributed by atoms with E-state index in [4.69, 9.17) is 18.9 Å². The second kappa shape index (κ2) is 50.0. The first kappa shape index (κ1) is 72.5. The van der Waals surface area contributed by atoms with Gasteiger partial charge in [-0.25, -0.2) is 0 Å². The Bertz CT molecular complexity index is 1600. The lowest BCUT2D eigenvalue weighted by molar-refractivity contribution is -0.359. The number of nitrogens with one attached hydrogen (secondary N) is 1. The van der Waals surface area contributed by atoms with Crippen LogP contribution < -0.4 is 5.32 Å². The van der Waals surface area contributed by atoms with Crippen LogP contribution in [0, 0.1) is 0 Å². The van der Waals surface area contributed by atoms with Gasteiger partial charge in [0.05, 0.1) is 32.0 Å². The molecule has 79 heavy (non-hydrogen) atoms. The van der Waals surface area contributed by atoms with Crippen molar-refractivity contribution in [3.8, 4) is 0 Å². The number of hydrogen-bond acceptors (Lipinski definition) is 13. The van der Waals surface area contributed by atoms with Crippen LogP contribution in [0.1, 0.15) is 239 Å². The number of aliphatic hydroxyl groups excluding tert-OH is 8. The highest BCUT2D eigenvalue weighted by molar-refractivity contribution is 5.76. The van der Waals surface area contributed by atoms with Gasteiger partial charge < -0.3 is 65.1 Å². The minimum Gasteiger partial charge on any atom is -0.394 e. The molecule has 2 saturated heterocycles. The summed E-state index contributed by atoms with van der Waals surface area (Å²) in [5.41, 5.74) is 0. The molecule has 14 nitrogen and oxygen atoms in total. The second-order valence-electron chi connectivity index (χ2n) is 22.1. The van der Waals surface area contributed by atoms with Crippen molar-refractivity contribution in [2.45, 2.75) is 312 Å². The molecule has 12 atom stereocenters. The SMILES string of the molecule is CC/C=C\C/C=C\C/C=C\C/C=C\CCCCCCCCCCCCCCCCCCCCC(=O)NC(COC1OC(CO)C(OC2OC(CO)C(O)C(O)C2O)C(O)C1O)C(O)/C=C/CC/C=C/CCCCCCCCCC. The summed E-state index contributed by atoms with van der Waals surface area (Å²) in [5, 5.41) is 87.1. The minimum absolute atomic E-state index is 0.250. The summed E-state index contributed by atoms with van der Waals surface area (Å²) in [4.78, 5) is 13.3. The zero-order chi connectivity index (χ0) is 57.4. The molecule has 14 heteroatoms. The lowest BCUT2D eigenvalue weighted by Crippen LogP contribution is -2.65. The van der Waals surface area contributed by atoms with Crippen LogP contribution in [0.25, 0.3) is 0 Å². The van der Waals surface area contributed by atoms with Crippen molar-refractivity contribution in [3.63, 3.8) is 0 Å². The highest BCUT2D eigenvalue weighted by Crippen LogP contribution is 2.30. The molecule has 0 aromatic rings. The number of carbonyl (C=O) groups is 1. The number of rotatable bonds is 50. The first-order chi connectivity index (χ1) is 38.6. The number of aliphatic hydroxyl groups is 8. The van der Waals surface area contributed by atoms with Crippen LogP contribution in [0.2, 0.25) is 0 Å². The van der Waals surface area contributed by atoms with E-state index in [2.05, 4.69) is 79.9 Å². The highest BCUT2D eigenvalue weighted by Gasteiger charge is 2.51. The van der Waals surface area contributed by atoms with Crippen molar-refractivity contribution < 1.29 is 64.6 Å². The summed E-state index contributed by atoms with van der Waals surface area (Å²) in [7, 11) is 0. The monoisotopic (exact) mass is 1120 g/mol. The van der Waals surface area contributed by atoms with Crippen LogP contribution in [0.4, 0.5) is 0 Å². The van der Waals surface area contributed by atoms with Gasteiger partial charge in [-0.05, 0) is 70.6 Å². The molecule has 9 N–H and O–H groups in total. The van der Waals surface area contributed by atoms with E-state index in [0.717, 1.165) is 57.8 Å². The maximum Gasteiger partial charge on any atom is 0.220 e. The fraction of sp³-hybridized carbons (Fsp3) is 0.800. The summed E-state index contributed by atoms with van der Waals surface area (Å²) in [6.45, 7) is 2.66. The third-order valence-corrected chi connectivity index (χ3v) is 15.1. The summed E-state index contributed by atoms with van der Waals surface area (Å²) < 4.78 is 22.8. The standard InChI is InChI=1S/C65H115NO13/c1-3-5-7-9-11-13-15-17-19-20-21-22-23-24-25-26-27-28-29-30-31-32-33-34-35-37-39-41-43-45-47-49-57(70)66-53(54(69)48-46-44-42-40-38-36-18-16-14-12-10-8-6-4-2)52-76-64-62(75)60(73)63(56(51-68)78-64)79-65-61(74)59(72)58(71)55(50-67)77-65/h5,7,11,13,17,19,21-22,38,40,46,48,53-56,58-65,67-69,71-75H,3-4,6,8-10,12,14-16,18,20,23-37,39,41-45,47,49-52H2,1-2H3,(H,66,70)/b7-5-,13-11-,19-17-,22-21-,40-38+,48-46+. The highest BCUT2D eigenvalue weighted by atomic mass is 16.7. The first-order valence-electron chi connectivity index (χ1n) is 31.7. The van der Waals surface area contributed by atoms with Crippen molar-refractivity contribution in [2.24, 2.45) is 0 Å². The maximum atomic E-state index is 13.3. The zero-order valence-electron chi connectivity index (χ0n) is 49.3. The molecule has 2 aliphatic rings. The molecule has 0 aromatic carbocycles. The molecule has 12 unspecified atom stereocenters. The summed E-state index contributed by atoms with van der Waals surface area (Å²) >= 11 is 0. The van der Waals surface area contributed by atoms with Gasteiger partial charge in [0.1, 0.15) is 48.8 Å². The lowest BCUT2D eigenvalue weighted by Gasteiger charge is -2.46. The largest absolute Gasteiger partial charge is 0.394 e. The first-order valence-corrected chi connectivity index (χ1v) is 31.7. The average molecular weight is 1120 g/mol. The number of amides is 1. The molecule has 2 aliphatic heterocycles. The molecule has 0 spiro atoms. The number of ether oxygens (including phenoxy) is 4. The fourth-order valence-corrected chi connectivity index (χ4v) is 10.1. The number of allylic oxidation sites excluding steroid dienone is 11. The normalized spacial score (nSPS) is 24.9. The average Bonchev–Trinajstić information content (AvgIpc) is 3.55. The maximum absolute atomic E-state index is 13.3. The Hall–Kier alpha value is -2.57. The third kappa shape index (κ3) is 35.2. The Morgan fingerprint density at radius 1 is 0.468 bits per heavy atom. The van der Waals surface area contributed by atoms with Gasteiger partial charge in [0.2, 0.25) is 5.91 Å². The van der Waals surface area contributed by atoms with E-state index in [-0.39, 0.29) is 18.9 Å².